The zero-order valence-electron chi connectivity index (χ0n) is 11.3. The lowest BCUT2D eigenvalue weighted by atomic mass is 9.66. The summed E-state index contributed by atoms with van der Waals surface area (Å²) in [6.45, 7) is 10.2. The van der Waals surface area contributed by atoms with Crippen LogP contribution in [0.5, 0.6) is 0 Å². The summed E-state index contributed by atoms with van der Waals surface area (Å²) in [6.07, 6.45) is 7.65. The van der Waals surface area contributed by atoms with Crippen molar-refractivity contribution in [2.45, 2.75) is 59.8 Å². The third-order valence-electron chi connectivity index (χ3n) is 6.77. The third kappa shape index (κ3) is 1.21. The molecule has 0 heterocycles. The van der Waals surface area contributed by atoms with E-state index in [2.05, 4.69) is 27.7 Å². The third-order valence-corrected chi connectivity index (χ3v) is 6.77. The molecule has 0 radical (unpaired) electrons. The molecule has 3 saturated carbocycles. The van der Waals surface area contributed by atoms with Gasteiger partial charge in [-0.2, -0.15) is 0 Å². The lowest BCUT2D eigenvalue weighted by Gasteiger charge is -2.39. The minimum atomic E-state index is 0. The van der Waals surface area contributed by atoms with Crippen LogP contribution < -0.4 is 0 Å². The van der Waals surface area contributed by atoms with Crippen LogP contribution in [-0.2, 0) is 0 Å². The quantitative estimate of drug-likeness (QED) is 0.601. The SMILES string of the molecule is C[C@@H]1CC[C@@]23C[C@@H]1C(C)(C)C2CC[C@H]3C.O. The summed E-state index contributed by atoms with van der Waals surface area (Å²) < 4.78 is 0. The van der Waals surface area contributed by atoms with Gasteiger partial charge in [-0.1, -0.05) is 27.7 Å². The molecule has 5 atom stereocenters. The first-order valence-corrected chi connectivity index (χ1v) is 6.98. The van der Waals surface area contributed by atoms with E-state index in [9.17, 15) is 0 Å². The van der Waals surface area contributed by atoms with Gasteiger partial charge in [0.25, 0.3) is 0 Å². The average Bonchev–Trinajstić information content (AvgIpc) is 2.57. The smallest absolute Gasteiger partial charge is 0.0235 e. The maximum atomic E-state index is 2.57. The molecule has 0 amide bonds. The second-order valence-electron chi connectivity index (χ2n) is 7.41. The molecule has 3 rings (SSSR count). The Morgan fingerprint density at radius 2 is 1.69 bits per heavy atom. The Morgan fingerprint density at radius 1 is 1.00 bits per heavy atom. The van der Waals surface area contributed by atoms with Crippen molar-refractivity contribution in [3.63, 3.8) is 0 Å². The fourth-order valence-corrected chi connectivity index (χ4v) is 5.88. The summed E-state index contributed by atoms with van der Waals surface area (Å²) in [7, 11) is 0. The normalized spacial score (nSPS) is 53.2. The Hall–Kier alpha value is -0.0400. The van der Waals surface area contributed by atoms with Crippen LogP contribution in [0.3, 0.4) is 0 Å². The molecule has 0 aromatic heterocycles. The molecule has 1 heteroatoms. The zero-order valence-corrected chi connectivity index (χ0v) is 11.3. The van der Waals surface area contributed by atoms with Gasteiger partial charge in [0.15, 0.2) is 0 Å². The van der Waals surface area contributed by atoms with E-state index in [4.69, 9.17) is 0 Å². The van der Waals surface area contributed by atoms with Crippen LogP contribution in [0.1, 0.15) is 59.8 Å². The monoisotopic (exact) mass is 224 g/mol. The second kappa shape index (κ2) is 3.48. The Balaban J connectivity index is 0.000000963. The van der Waals surface area contributed by atoms with Gasteiger partial charge in [-0.25, -0.2) is 0 Å². The summed E-state index contributed by atoms with van der Waals surface area (Å²) in [4.78, 5) is 0. The molecular formula is C15H28O. The Morgan fingerprint density at radius 3 is 2.38 bits per heavy atom. The minimum absolute atomic E-state index is 0. The molecule has 2 N–H and O–H groups in total. The van der Waals surface area contributed by atoms with Crippen LogP contribution in [0, 0.1) is 34.5 Å². The molecule has 2 bridgehead atoms. The molecule has 0 saturated heterocycles. The van der Waals surface area contributed by atoms with Crippen molar-refractivity contribution in [2.75, 3.05) is 0 Å². The van der Waals surface area contributed by atoms with E-state index < -0.39 is 0 Å². The van der Waals surface area contributed by atoms with E-state index in [0.717, 1.165) is 29.1 Å². The highest BCUT2D eigenvalue weighted by Gasteiger charge is 2.64. The molecule has 94 valence electrons. The fraction of sp³-hybridized carbons (Fsp3) is 1.00. The predicted molar refractivity (Wildman–Crippen MR) is 68.2 cm³/mol. The van der Waals surface area contributed by atoms with Gasteiger partial charge >= 0.3 is 0 Å². The van der Waals surface area contributed by atoms with Crippen LogP contribution >= 0.6 is 0 Å². The van der Waals surface area contributed by atoms with Crippen molar-refractivity contribution in [1.29, 1.82) is 0 Å². The first kappa shape index (κ1) is 12.4. The standard InChI is InChI=1S/C15H26.H2O/c1-10-7-8-15-9-12(10)14(3,4)13(15)6-5-11(15)2;/h10-13H,5-9H2,1-4H3;1H2/t10-,11-,12+,13?,15+;/m1./s1. The van der Waals surface area contributed by atoms with Crippen molar-refractivity contribution in [1.82, 2.24) is 0 Å². The van der Waals surface area contributed by atoms with Crippen LogP contribution in [0.4, 0.5) is 0 Å². The molecular weight excluding hydrogens is 196 g/mol. The van der Waals surface area contributed by atoms with Gasteiger partial charge in [0.1, 0.15) is 0 Å². The van der Waals surface area contributed by atoms with Gasteiger partial charge in [0.2, 0.25) is 0 Å². The lowest BCUT2D eigenvalue weighted by Crippen LogP contribution is -2.30. The summed E-state index contributed by atoms with van der Waals surface area (Å²) in [5.41, 5.74) is 1.42. The molecule has 0 aromatic rings. The van der Waals surface area contributed by atoms with Crippen molar-refractivity contribution < 1.29 is 5.48 Å². The van der Waals surface area contributed by atoms with Gasteiger partial charge < -0.3 is 5.48 Å². The molecule has 3 aliphatic carbocycles. The Labute approximate surface area is 100 Å². The number of hydrogen-bond donors (Lipinski definition) is 0. The molecule has 1 unspecified atom stereocenters. The maximum absolute atomic E-state index is 2.57. The maximum Gasteiger partial charge on any atom is -0.0235 e. The van der Waals surface area contributed by atoms with E-state index in [1.54, 1.807) is 12.8 Å². The van der Waals surface area contributed by atoms with Crippen LogP contribution in [0.15, 0.2) is 0 Å². The minimum Gasteiger partial charge on any atom is -0.412 e. The highest BCUT2D eigenvalue weighted by molar-refractivity contribution is 5.13. The van der Waals surface area contributed by atoms with Crippen molar-refractivity contribution >= 4 is 0 Å². The topological polar surface area (TPSA) is 31.5 Å². The number of rotatable bonds is 0. The summed E-state index contributed by atoms with van der Waals surface area (Å²) >= 11 is 0. The van der Waals surface area contributed by atoms with Gasteiger partial charge in [-0.3, -0.25) is 0 Å². The highest BCUT2D eigenvalue weighted by atomic mass is 16.0. The average molecular weight is 224 g/mol. The fourth-order valence-electron chi connectivity index (χ4n) is 5.88. The van der Waals surface area contributed by atoms with Gasteiger partial charge in [0.05, 0.1) is 0 Å². The van der Waals surface area contributed by atoms with Gasteiger partial charge in [-0.15, -0.1) is 0 Å². The lowest BCUT2D eigenvalue weighted by molar-refractivity contribution is 0.104. The molecule has 0 aliphatic heterocycles. The van der Waals surface area contributed by atoms with E-state index in [0.29, 0.717) is 5.41 Å². The largest absolute Gasteiger partial charge is 0.412 e. The summed E-state index contributed by atoms with van der Waals surface area (Å²) in [5, 5.41) is 0. The second-order valence-corrected chi connectivity index (χ2v) is 7.41. The van der Waals surface area contributed by atoms with Crippen molar-refractivity contribution in [2.24, 2.45) is 34.5 Å². The molecule has 1 spiro atoms. The van der Waals surface area contributed by atoms with Gasteiger partial charge in [-0.05, 0) is 66.6 Å². The molecule has 16 heavy (non-hydrogen) atoms. The molecule has 3 fully saturated rings. The van der Waals surface area contributed by atoms with Crippen LogP contribution in [0.25, 0.3) is 0 Å². The van der Waals surface area contributed by atoms with Gasteiger partial charge in [0, 0.05) is 0 Å². The molecule has 3 aliphatic rings. The number of hydrogen-bond acceptors (Lipinski definition) is 0. The van der Waals surface area contributed by atoms with E-state index >= 15 is 0 Å². The van der Waals surface area contributed by atoms with Crippen LogP contribution in [0.2, 0.25) is 0 Å². The Kier molecular flexibility index (Phi) is 2.70. The van der Waals surface area contributed by atoms with E-state index in [1.165, 1.54) is 19.3 Å². The number of fused-ring (bicyclic) bond motifs is 1. The van der Waals surface area contributed by atoms with E-state index in [1.807, 2.05) is 0 Å². The Bertz CT molecular complexity index is 283. The molecule has 0 aromatic carbocycles. The van der Waals surface area contributed by atoms with E-state index in [-0.39, 0.29) is 5.48 Å². The zero-order chi connectivity index (χ0) is 10.8. The first-order chi connectivity index (χ1) is 6.98. The molecule has 1 nitrogen and oxygen atoms in total. The van der Waals surface area contributed by atoms with Crippen molar-refractivity contribution in [3.05, 3.63) is 0 Å². The summed E-state index contributed by atoms with van der Waals surface area (Å²) in [6, 6.07) is 0. The predicted octanol–water partition coefficient (Wildman–Crippen LogP) is 3.67. The summed E-state index contributed by atoms with van der Waals surface area (Å²) in [5.74, 6) is 4.08. The first-order valence-electron chi connectivity index (χ1n) is 6.98. The van der Waals surface area contributed by atoms with Crippen LogP contribution in [-0.4, -0.2) is 5.48 Å². The van der Waals surface area contributed by atoms with Crippen molar-refractivity contribution in [3.8, 4) is 0 Å². The highest BCUT2D eigenvalue weighted by Crippen LogP contribution is 2.72.